The molecule has 94 valence electrons. The fourth-order valence-corrected chi connectivity index (χ4v) is 1.57. The van der Waals surface area contributed by atoms with Gasteiger partial charge in [-0.2, -0.15) is 0 Å². The lowest BCUT2D eigenvalue weighted by Gasteiger charge is -2.14. The molecule has 0 radical (unpaired) electrons. The molecule has 0 aliphatic carbocycles. The van der Waals surface area contributed by atoms with Crippen LogP contribution < -0.4 is 0 Å². The van der Waals surface area contributed by atoms with E-state index in [2.05, 4.69) is 9.64 Å². The fraction of sp³-hybridized carbons (Fsp3) is 0.833. The molecule has 0 saturated carbocycles. The Hall–Kier alpha value is -0.900. The van der Waals surface area contributed by atoms with Gasteiger partial charge in [-0.1, -0.05) is 0 Å². The van der Waals surface area contributed by atoms with Crippen molar-refractivity contribution in [3.8, 4) is 0 Å². The van der Waals surface area contributed by atoms with Crippen LogP contribution in [-0.4, -0.2) is 42.4 Å². The van der Waals surface area contributed by atoms with E-state index in [1.165, 1.54) is 6.42 Å². The number of Topliss-reactive ketones (excluding diaryl/α,β-unsaturated/α-hetero) is 1. The molecule has 0 N–H and O–H groups in total. The molecule has 0 aromatic heterocycles. The molecule has 1 atom stereocenters. The van der Waals surface area contributed by atoms with Crippen molar-refractivity contribution in [2.75, 3.05) is 13.6 Å². The number of hydrogen-bond acceptors (Lipinski definition) is 4. The third-order valence-electron chi connectivity index (χ3n) is 2.39. The van der Waals surface area contributed by atoms with Gasteiger partial charge in [-0.05, 0) is 54.1 Å². The molecule has 1 unspecified atom stereocenters. The normalized spacial score (nSPS) is 20.9. The molecular formula is C12H23NO3. The molecule has 1 rings (SSSR count). The Bertz CT molecular complexity index is 233. The van der Waals surface area contributed by atoms with Crippen molar-refractivity contribution in [2.24, 2.45) is 0 Å². The summed E-state index contributed by atoms with van der Waals surface area (Å²) in [4.78, 5) is 22.5. The van der Waals surface area contributed by atoms with Crippen LogP contribution in [0.1, 0.15) is 40.5 Å². The number of ether oxygens (including phenoxy) is 1. The molecular weight excluding hydrogens is 206 g/mol. The molecule has 16 heavy (non-hydrogen) atoms. The molecule has 1 saturated heterocycles. The van der Waals surface area contributed by atoms with E-state index in [0.717, 1.165) is 13.0 Å². The SMILES string of the molecule is CC(=O)C1CCCN1C.CC(C)(C)OC=O. The van der Waals surface area contributed by atoms with Crippen LogP contribution in [0.2, 0.25) is 0 Å². The summed E-state index contributed by atoms with van der Waals surface area (Å²) in [5.41, 5.74) is -0.318. The number of ketones is 1. The minimum atomic E-state index is -0.318. The highest BCUT2D eigenvalue weighted by atomic mass is 16.5. The zero-order chi connectivity index (χ0) is 12.8. The highest BCUT2D eigenvalue weighted by Gasteiger charge is 2.23. The first kappa shape index (κ1) is 15.1. The van der Waals surface area contributed by atoms with Crippen molar-refractivity contribution in [2.45, 2.75) is 52.2 Å². The molecule has 1 heterocycles. The Morgan fingerprint density at radius 3 is 2.12 bits per heavy atom. The molecule has 1 fully saturated rings. The van der Waals surface area contributed by atoms with Gasteiger partial charge in [0, 0.05) is 0 Å². The topological polar surface area (TPSA) is 46.6 Å². The maximum atomic E-state index is 10.8. The Balaban J connectivity index is 0.000000293. The van der Waals surface area contributed by atoms with Gasteiger partial charge in [0.2, 0.25) is 0 Å². The van der Waals surface area contributed by atoms with Crippen LogP contribution in [0.25, 0.3) is 0 Å². The van der Waals surface area contributed by atoms with Crippen LogP contribution in [0, 0.1) is 0 Å². The second-order valence-electron chi connectivity index (χ2n) is 5.08. The van der Waals surface area contributed by atoms with Crippen LogP contribution in [0.4, 0.5) is 0 Å². The van der Waals surface area contributed by atoms with Crippen LogP contribution in [0.15, 0.2) is 0 Å². The molecule has 0 aromatic rings. The molecule has 1 aliphatic heterocycles. The molecule has 1 aliphatic rings. The largest absolute Gasteiger partial charge is 0.462 e. The number of nitrogens with zero attached hydrogens (tertiary/aromatic N) is 1. The predicted molar refractivity (Wildman–Crippen MR) is 63.2 cm³/mol. The quantitative estimate of drug-likeness (QED) is 0.675. The Labute approximate surface area is 98.0 Å². The zero-order valence-corrected chi connectivity index (χ0v) is 10.9. The van der Waals surface area contributed by atoms with Crippen molar-refractivity contribution < 1.29 is 14.3 Å². The Morgan fingerprint density at radius 2 is 2.00 bits per heavy atom. The summed E-state index contributed by atoms with van der Waals surface area (Å²) >= 11 is 0. The van der Waals surface area contributed by atoms with Crippen molar-refractivity contribution in [3.63, 3.8) is 0 Å². The Morgan fingerprint density at radius 1 is 1.44 bits per heavy atom. The number of hydrogen-bond donors (Lipinski definition) is 0. The lowest BCUT2D eigenvalue weighted by Crippen LogP contribution is -2.30. The summed E-state index contributed by atoms with van der Waals surface area (Å²) in [7, 11) is 2.01. The van der Waals surface area contributed by atoms with E-state index in [1.807, 2.05) is 27.8 Å². The summed E-state index contributed by atoms with van der Waals surface area (Å²) in [5, 5.41) is 0. The summed E-state index contributed by atoms with van der Waals surface area (Å²) in [6.45, 7) is 8.68. The van der Waals surface area contributed by atoms with Crippen molar-refractivity contribution in [1.82, 2.24) is 4.90 Å². The van der Waals surface area contributed by atoms with E-state index >= 15 is 0 Å². The van der Waals surface area contributed by atoms with Crippen LogP contribution in [-0.2, 0) is 14.3 Å². The van der Waals surface area contributed by atoms with Gasteiger partial charge in [-0.25, -0.2) is 0 Å². The van der Waals surface area contributed by atoms with E-state index < -0.39 is 0 Å². The first-order valence-electron chi connectivity index (χ1n) is 5.60. The van der Waals surface area contributed by atoms with Gasteiger partial charge >= 0.3 is 0 Å². The minimum absolute atomic E-state index is 0.227. The third-order valence-corrected chi connectivity index (χ3v) is 2.39. The third kappa shape index (κ3) is 6.56. The van der Waals surface area contributed by atoms with Crippen molar-refractivity contribution in [3.05, 3.63) is 0 Å². The van der Waals surface area contributed by atoms with Crippen LogP contribution >= 0.6 is 0 Å². The number of carbonyl (C=O) groups is 2. The lowest BCUT2D eigenvalue weighted by molar-refractivity contribution is -0.138. The molecule has 0 bridgehead atoms. The monoisotopic (exact) mass is 229 g/mol. The van der Waals surface area contributed by atoms with Gasteiger partial charge in [-0.3, -0.25) is 14.5 Å². The first-order chi connectivity index (χ1) is 7.28. The maximum absolute atomic E-state index is 10.8. The summed E-state index contributed by atoms with van der Waals surface area (Å²) in [6.07, 6.45) is 2.24. The Kier molecular flexibility index (Phi) is 6.26. The average Bonchev–Trinajstić information content (AvgIpc) is 2.50. The van der Waals surface area contributed by atoms with Crippen LogP contribution in [0.3, 0.4) is 0 Å². The first-order valence-corrected chi connectivity index (χ1v) is 5.60. The van der Waals surface area contributed by atoms with E-state index in [-0.39, 0.29) is 11.6 Å². The van der Waals surface area contributed by atoms with Crippen molar-refractivity contribution >= 4 is 12.3 Å². The number of rotatable bonds is 2. The lowest BCUT2D eigenvalue weighted by atomic mass is 10.1. The van der Waals surface area contributed by atoms with Gasteiger partial charge in [0.15, 0.2) is 0 Å². The van der Waals surface area contributed by atoms with Gasteiger partial charge in [-0.15, -0.1) is 0 Å². The second kappa shape index (κ2) is 6.63. The zero-order valence-electron chi connectivity index (χ0n) is 10.9. The summed E-state index contributed by atoms with van der Waals surface area (Å²) in [6, 6.07) is 0.227. The second-order valence-corrected chi connectivity index (χ2v) is 5.08. The van der Waals surface area contributed by atoms with E-state index in [4.69, 9.17) is 0 Å². The molecule has 0 spiro atoms. The van der Waals surface area contributed by atoms with Gasteiger partial charge in [0.05, 0.1) is 6.04 Å². The van der Waals surface area contributed by atoms with Crippen molar-refractivity contribution in [1.29, 1.82) is 0 Å². The molecule has 0 aromatic carbocycles. The van der Waals surface area contributed by atoms with Gasteiger partial charge in [0.25, 0.3) is 6.47 Å². The average molecular weight is 229 g/mol. The number of carbonyl (C=O) groups excluding carboxylic acids is 2. The fourth-order valence-electron chi connectivity index (χ4n) is 1.57. The van der Waals surface area contributed by atoms with E-state index in [9.17, 15) is 9.59 Å². The number of likely N-dealkylation sites (N-methyl/N-ethyl adjacent to an activating group) is 1. The van der Waals surface area contributed by atoms with Gasteiger partial charge < -0.3 is 4.74 Å². The summed E-state index contributed by atoms with van der Waals surface area (Å²) in [5.74, 6) is 0.315. The number of likely N-dealkylation sites (tertiary alicyclic amines) is 1. The highest BCUT2D eigenvalue weighted by Crippen LogP contribution is 2.14. The van der Waals surface area contributed by atoms with Gasteiger partial charge in [0.1, 0.15) is 11.4 Å². The minimum Gasteiger partial charge on any atom is -0.462 e. The van der Waals surface area contributed by atoms with E-state index in [1.54, 1.807) is 6.92 Å². The smallest absolute Gasteiger partial charge is 0.293 e. The summed E-state index contributed by atoms with van der Waals surface area (Å²) < 4.78 is 4.55. The predicted octanol–water partition coefficient (Wildman–Crippen LogP) is 1.63. The maximum Gasteiger partial charge on any atom is 0.293 e. The van der Waals surface area contributed by atoms with Crippen LogP contribution in [0.5, 0.6) is 0 Å². The molecule has 0 amide bonds. The van der Waals surface area contributed by atoms with E-state index in [0.29, 0.717) is 12.3 Å². The standard InChI is InChI=1S/C7H13NO.C5H10O2/c1-6(9)7-4-3-5-8(7)2;1-5(2,3)7-4-6/h7H,3-5H2,1-2H3;4H,1-3H3. The highest BCUT2D eigenvalue weighted by molar-refractivity contribution is 5.81. The molecule has 4 heteroatoms. The molecule has 4 nitrogen and oxygen atoms in total.